The van der Waals surface area contributed by atoms with Crippen LogP contribution in [0.2, 0.25) is 5.02 Å². The van der Waals surface area contributed by atoms with Gasteiger partial charge in [0, 0.05) is 38.5 Å². The third kappa shape index (κ3) is 5.12. The molecule has 0 bridgehead atoms. The van der Waals surface area contributed by atoms with Crippen molar-refractivity contribution in [2.75, 3.05) is 32.1 Å². The van der Waals surface area contributed by atoms with E-state index in [2.05, 4.69) is 15.8 Å². The Labute approximate surface area is 141 Å². The van der Waals surface area contributed by atoms with E-state index in [1.165, 1.54) is 0 Å². The predicted octanol–water partition coefficient (Wildman–Crippen LogP) is 2.38. The number of hydrazone groups is 1. The molecule has 2 N–H and O–H groups in total. The molecule has 7 heteroatoms. The summed E-state index contributed by atoms with van der Waals surface area (Å²) in [7, 11) is 3.94. The van der Waals surface area contributed by atoms with Crippen LogP contribution in [0, 0.1) is 0 Å². The molecule has 1 saturated heterocycles. The topological polar surface area (TPSA) is 48.9 Å². The first kappa shape index (κ1) is 17.0. The Morgan fingerprint density at radius 3 is 3.00 bits per heavy atom. The van der Waals surface area contributed by atoms with E-state index in [0.29, 0.717) is 16.7 Å². The van der Waals surface area contributed by atoms with Gasteiger partial charge in [0.1, 0.15) is 0 Å². The van der Waals surface area contributed by atoms with Crippen molar-refractivity contribution < 1.29 is 4.74 Å². The zero-order valence-electron chi connectivity index (χ0n) is 12.8. The van der Waals surface area contributed by atoms with Crippen LogP contribution in [0.3, 0.4) is 0 Å². The Morgan fingerprint density at radius 1 is 1.55 bits per heavy atom. The number of hydrogen-bond acceptors (Lipinski definition) is 4. The highest BCUT2D eigenvalue weighted by Gasteiger charge is 2.14. The molecule has 0 radical (unpaired) electrons. The van der Waals surface area contributed by atoms with Gasteiger partial charge >= 0.3 is 0 Å². The summed E-state index contributed by atoms with van der Waals surface area (Å²) in [5.74, 6) is 0. The van der Waals surface area contributed by atoms with Gasteiger partial charge in [0.25, 0.3) is 0 Å². The van der Waals surface area contributed by atoms with Crippen molar-refractivity contribution in [2.45, 2.75) is 18.9 Å². The first-order chi connectivity index (χ1) is 10.6. The second-order valence-corrected chi connectivity index (χ2v) is 6.13. The number of nitrogens with zero attached hydrogens (tertiary/aromatic N) is 2. The number of hydrogen-bond donors (Lipinski definition) is 2. The minimum atomic E-state index is 0.247. The van der Waals surface area contributed by atoms with Crippen molar-refractivity contribution in [3.8, 4) is 0 Å². The summed E-state index contributed by atoms with van der Waals surface area (Å²) >= 11 is 11.4. The van der Waals surface area contributed by atoms with Crippen molar-refractivity contribution in [1.82, 2.24) is 10.7 Å². The lowest BCUT2D eigenvalue weighted by Crippen LogP contribution is -2.37. The van der Waals surface area contributed by atoms with Gasteiger partial charge in [-0.3, -0.25) is 5.43 Å². The molecule has 0 amide bonds. The lowest BCUT2D eigenvalue weighted by Gasteiger charge is -2.13. The molecule has 0 aliphatic carbocycles. The highest BCUT2D eigenvalue weighted by Crippen LogP contribution is 2.21. The minimum Gasteiger partial charge on any atom is -0.378 e. The number of benzene rings is 1. The summed E-state index contributed by atoms with van der Waals surface area (Å²) in [6.45, 7) is 1.55. The van der Waals surface area contributed by atoms with E-state index in [1.54, 1.807) is 6.21 Å². The summed E-state index contributed by atoms with van der Waals surface area (Å²) < 4.78 is 5.51. The molecule has 1 aliphatic heterocycles. The van der Waals surface area contributed by atoms with Crippen LogP contribution in [0.4, 0.5) is 5.69 Å². The molecular formula is C15H21ClN4OS. The summed E-state index contributed by atoms with van der Waals surface area (Å²) in [5.41, 5.74) is 4.66. The van der Waals surface area contributed by atoms with Crippen molar-refractivity contribution in [1.29, 1.82) is 0 Å². The number of halogens is 1. The third-order valence-corrected chi connectivity index (χ3v) is 3.95. The van der Waals surface area contributed by atoms with Gasteiger partial charge in [-0.25, -0.2) is 0 Å². The van der Waals surface area contributed by atoms with Gasteiger partial charge in [-0.15, -0.1) is 0 Å². The maximum Gasteiger partial charge on any atom is 0.187 e. The van der Waals surface area contributed by atoms with Crippen molar-refractivity contribution in [3.63, 3.8) is 0 Å². The Bertz CT molecular complexity index is 544. The van der Waals surface area contributed by atoms with Gasteiger partial charge in [0.05, 0.1) is 17.3 Å². The molecule has 1 fully saturated rings. The van der Waals surface area contributed by atoms with Crippen LogP contribution in [0.15, 0.2) is 23.3 Å². The first-order valence-electron chi connectivity index (χ1n) is 7.21. The normalized spacial score (nSPS) is 17.7. The molecule has 2 rings (SSSR count). The van der Waals surface area contributed by atoms with Crippen molar-refractivity contribution in [2.24, 2.45) is 5.10 Å². The number of anilines is 1. The van der Waals surface area contributed by atoms with Crippen LogP contribution < -0.4 is 15.6 Å². The minimum absolute atomic E-state index is 0.247. The SMILES string of the molecule is CN(C)c1ccc(/C=N\NC(=S)NC[C@@H]2CCCO2)c(Cl)c1. The van der Waals surface area contributed by atoms with Gasteiger partial charge in [0.15, 0.2) is 5.11 Å². The van der Waals surface area contributed by atoms with Crippen LogP contribution >= 0.6 is 23.8 Å². The number of nitrogens with one attached hydrogen (secondary N) is 2. The second kappa shape index (κ2) is 8.31. The molecule has 5 nitrogen and oxygen atoms in total. The van der Waals surface area contributed by atoms with E-state index in [4.69, 9.17) is 28.6 Å². The van der Waals surface area contributed by atoms with Crippen LogP contribution in [0.5, 0.6) is 0 Å². The lowest BCUT2D eigenvalue weighted by atomic mass is 10.2. The number of thiocarbonyl (C=S) groups is 1. The highest BCUT2D eigenvalue weighted by atomic mass is 35.5. The van der Waals surface area contributed by atoms with Crippen LogP contribution in [0.1, 0.15) is 18.4 Å². The highest BCUT2D eigenvalue weighted by molar-refractivity contribution is 7.80. The van der Waals surface area contributed by atoms with Gasteiger partial charge < -0.3 is 15.0 Å². The number of rotatable bonds is 5. The van der Waals surface area contributed by atoms with Gasteiger partial charge in [-0.05, 0) is 43.3 Å². The second-order valence-electron chi connectivity index (χ2n) is 5.32. The van der Waals surface area contributed by atoms with Crippen LogP contribution in [-0.4, -0.2) is 44.7 Å². The summed E-state index contributed by atoms with van der Waals surface area (Å²) in [4.78, 5) is 2.00. The van der Waals surface area contributed by atoms with Crippen LogP contribution in [0.25, 0.3) is 0 Å². The molecule has 0 saturated carbocycles. The molecule has 0 unspecified atom stereocenters. The molecule has 1 atom stereocenters. The molecule has 1 aromatic rings. The Kier molecular flexibility index (Phi) is 6.42. The van der Waals surface area contributed by atoms with Crippen molar-refractivity contribution >= 4 is 40.8 Å². The largest absolute Gasteiger partial charge is 0.378 e. The fourth-order valence-electron chi connectivity index (χ4n) is 2.11. The van der Waals surface area contributed by atoms with E-state index in [-0.39, 0.29) is 6.10 Å². The first-order valence-corrected chi connectivity index (χ1v) is 8.00. The maximum absolute atomic E-state index is 6.23. The fraction of sp³-hybridized carbons (Fsp3) is 0.467. The number of ether oxygens (including phenoxy) is 1. The monoisotopic (exact) mass is 340 g/mol. The zero-order valence-corrected chi connectivity index (χ0v) is 14.4. The Morgan fingerprint density at radius 2 is 2.36 bits per heavy atom. The molecular weight excluding hydrogens is 320 g/mol. The fourth-order valence-corrected chi connectivity index (χ4v) is 2.47. The van der Waals surface area contributed by atoms with Crippen molar-refractivity contribution in [3.05, 3.63) is 28.8 Å². The third-order valence-electron chi connectivity index (χ3n) is 3.38. The molecule has 22 heavy (non-hydrogen) atoms. The summed E-state index contributed by atoms with van der Waals surface area (Å²) in [6.07, 6.45) is 4.09. The van der Waals surface area contributed by atoms with E-state index in [1.807, 2.05) is 37.2 Å². The maximum atomic E-state index is 6.23. The quantitative estimate of drug-likeness (QED) is 0.489. The lowest BCUT2D eigenvalue weighted by molar-refractivity contribution is 0.114. The predicted molar refractivity (Wildman–Crippen MR) is 96.1 cm³/mol. The zero-order chi connectivity index (χ0) is 15.9. The molecule has 0 aromatic heterocycles. The molecule has 120 valence electrons. The Balaban J connectivity index is 1.80. The molecule has 1 heterocycles. The van der Waals surface area contributed by atoms with Crippen LogP contribution in [-0.2, 0) is 4.74 Å². The summed E-state index contributed by atoms with van der Waals surface area (Å²) in [6, 6.07) is 5.81. The van der Waals surface area contributed by atoms with E-state index in [9.17, 15) is 0 Å². The average Bonchev–Trinajstić information content (AvgIpc) is 3.00. The summed E-state index contributed by atoms with van der Waals surface area (Å²) in [5, 5.41) is 8.32. The van der Waals surface area contributed by atoms with E-state index >= 15 is 0 Å². The van der Waals surface area contributed by atoms with Gasteiger partial charge in [0.2, 0.25) is 0 Å². The molecule has 1 aromatic carbocycles. The average molecular weight is 341 g/mol. The van der Waals surface area contributed by atoms with Gasteiger partial charge in [-0.2, -0.15) is 5.10 Å². The van der Waals surface area contributed by atoms with E-state index < -0.39 is 0 Å². The van der Waals surface area contributed by atoms with E-state index in [0.717, 1.165) is 30.7 Å². The standard InChI is InChI=1S/C15H21ClN4OS/c1-20(2)12-6-5-11(14(16)8-12)9-18-19-15(22)17-10-13-4-3-7-21-13/h5-6,8-9,13H,3-4,7,10H2,1-2H3,(H2,17,19,22)/b18-9-/t13-/m0/s1. The molecule has 1 aliphatic rings. The Hall–Kier alpha value is -1.37. The molecule has 0 spiro atoms. The van der Waals surface area contributed by atoms with Gasteiger partial charge in [-0.1, -0.05) is 11.6 Å². The smallest absolute Gasteiger partial charge is 0.187 e.